The summed E-state index contributed by atoms with van der Waals surface area (Å²) < 4.78 is 29.3. The van der Waals surface area contributed by atoms with Gasteiger partial charge in [-0.05, 0) is 67.6 Å². The maximum atomic E-state index is 14.9. The molecule has 3 heterocycles. The first-order chi connectivity index (χ1) is 20.8. The van der Waals surface area contributed by atoms with Gasteiger partial charge in [0.05, 0.1) is 22.5 Å². The summed E-state index contributed by atoms with van der Waals surface area (Å²) in [5.74, 6) is -1.36. The Morgan fingerprint density at radius 2 is 1.51 bits per heavy atom. The molecule has 3 fully saturated rings. The lowest BCUT2D eigenvalue weighted by molar-refractivity contribution is 0.0716. The van der Waals surface area contributed by atoms with Crippen molar-refractivity contribution in [3.8, 4) is 12.1 Å². The Hall–Kier alpha value is -4.47. The molecule has 3 aliphatic heterocycles. The highest BCUT2D eigenvalue weighted by molar-refractivity contribution is 5.96. The van der Waals surface area contributed by atoms with Gasteiger partial charge in [0.15, 0.2) is 0 Å². The summed E-state index contributed by atoms with van der Waals surface area (Å²) in [5.41, 5.74) is 5.42. The maximum absolute atomic E-state index is 14.9. The maximum Gasteiger partial charge on any atom is 0.254 e. The number of carbonyl (C=O) groups is 1. The topological polar surface area (TPSA) is 77.6 Å². The van der Waals surface area contributed by atoms with Crippen molar-refractivity contribution in [2.75, 3.05) is 49.1 Å². The zero-order chi connectivity index (χ0) is 30.2. The number of halogens is 2. The number of amides is 1. The number of anilines is 2. The van der Waals surface area contributed by atoms with E-state index in [1.165, 1.54) is 0 Å². The van der Waals surface area contributed by atoms with Gasteiger partial charge in [-0.15, -0.1) is 0 Å². The van der Waals surface area contributed by atoms with Crippen molar-refractivity contribution < 1.29 is 13.6 Å². The lowest BCUT2D eigenvalue weighted by Gasteiger charge is -2.42. The standard InChI is InChI=1S/C34H34F2N6O/c1-22-13-23(2)29(14-26(22)19-39-9-11-40(12-10-39)32-6-4-3-5-24(32)17-37)34(43)41-20-27-7-8-28(21-41)42(27)33-16-30(35)25(18-38)15-31(33)36/h3-6,13-16,27-28H,7-12,19-21H2,1-2H3. The fraction of sp³-hybridized carbons (Fsp3) is 0.382. The van der Waals surface area contributed by atoms with E-state index < -0.39 is 11.6 Å². The molecule has 0 aromatic heterocycles. The molecular weight excluding hydrogens is 546 g/mol. The minimum atomic E-state index is -0.729. The quantitative estimate of drug-likeness (QED) is 0.416. The Labute approximate surface area is 251 Å². The second-order valence-electron chi connectivity index (χ2n) is 11.9. The van der Waals surface area contributed by atoms with Crippen molar-refractivity contribution in [3.05, 3.63) is 93.5 Å². The van der Waals surface area contributed by atoms with Gasteiger partial charge in [-0.2, -0.15) is 10.5 Å². The summed E-state index contributed by atoms with van der Waals surface area (Å²) in [4.78, 5) is 22.3. The molecule has 0 spiro atoms. The molecular formula is C34H34F2N6O. The van der Waals surface area contributed by atoms with Crippen molar-refractivity contribution in [3.63, 3.8) is 0 Å². The Bertz CT molecular complexity index is 1640. The molecule has 7 nitrogen and oxygen atoms in total. The largest absolute Gasteiger partial charge is 0.368 e. The number of rotatable bonds is 5. The third-order valence-electron chi connectivity index (χ3n) is 9.25. The number of benzene rings is 3. The van der Waals surface area contributed by atoms with E-state index in [0.717, 1.165) is 80.1 Å². The van der Waals surface area contributed by atoms with Crippen LogP contribution in [0.3, 0.4) is 0 Å². The summed E-state index contributed by atoms with van der Waals surface area (Å²) >= 11 is 0. The minimum absolute atomic E-state index is 0.0280. The molecule has 2 atom stereocenters. The van der Waals surface area contributed by atoms with E-state index in [-0.39, 0.29) is 29.2 Å². The van der Waals surface area contributed by atoms with Gasteiger partial charge in [-0.1, -0.05) is 18.2 Å². The molecule has 3 aromatic carbocycles. The van der Waals surface area contributed by atoms with Gasteiger partial charge in [0, 0.05) is 69.5 Å². The van der Waals surface area contributed by atoms with Gasteiger partial charge in [-0.3, -0.25) is 9.69 Å². The third kappa shape index (κ3) is 5.42. The van der Waals surface area contributed by atoms with Crippen LogP contribution in [0.15, 0.2) is 48.5 Å². The van der Waals surface area contributed by atoms with Crippen molar-refractivity contribution in [1.29, 1.82) is 10.5 Å². The second-order valence-corrected chi connectivity index (χ2v) is 11.9. The highest BCUT2D eigenvalue weighted by Gasteiger charge is 2.43. The molecule has 220 valence electrons. The van der Waals surface area contributed by atoms with Crippen molar-refractivity contribution >= 4 is 17.3 Å². The first-order valence-electron chi connectivity index (χ1n) is 14.8. The van der Waals surface area contributed by atoms with Crippen LogP contribution in [0, 0.1) is 48.1 Å². The van der Waals surface area contributed by atoms with Gasteiger partial charge in [0.2, 0.25) is 0 Å². The molecule has 43 heavy (non-hydrogen) atoms. The van der Waals surface area contributed by atoms with Gasteiger partial charge in [0.1, 0.15) is 23.8 Å². The molecule has 2 unspecified atom stereocenters. The number of hydrogen-bond acceptors (Lipinski definition) is 6. The minimum Gasteiger partial charge on any atom is -0.368 e. The molecule has 9 heteroatoms. The lowest BCUT2D eigenvalue weighted by atomic mass is 9.97. The molecule has 3 aliphatic rings. The highest BCUT2D eigenvalue weighted by Crippen LogP contribution is 2.38. The fourth-order valence-electron chi connectivity index (χ4n) is 6.98. The summed E-state index contributed by atoms with van der Waals surface area (Å²) in [6.07, 6.45) is 1.58. The van der Waals surface area contributed by atoms with Crippen LogP contribution >= 0.6 is 0 Å². The van der Waals surface area contributed by atoms with Crippen molar-refractivity contribution in [2.24, 2.45) is 0 Å². The van der Waals surface area contributed by atoms with Crippen LogP contribution in [0.5, 0.6) is 0 Å². The first-order valence-corrected chi connectivity index (χ1v) is 14.8. The van der Waals surface area contributed by atoms with E-state index in [1.54, 1.807) is 6.07 Å². The summed E-state index contributed by atoms with van der Waals surface area (Å²) in [6.45, 7) is 9.02. The molecule has 3 aromatic rings. The summed E-state index contributed by atoms with van der Waals surface area (Å²) in [5, 5.41) is 18.5. The van der Waals surface area contributed by atoms with Crippen molar-refractivity contribution in [1.82, 2.24) is 9.80 Å². The number of para-hydroxylation sites is 1. The summed E-state index contributed by atoms with van der Waals surface area (Å²) in [7, 11) is 0. The molecule has 0 N–H and O–H groups in total. The van der Waals surface area contributed by atoms with Crippen LogP contribution < -0.4 is 9.80 Å². The number of carbonyl (C=O) groups excluding carboxylic acids is 1. The Kier molecular flexibility index (Phi) is 7.77. The summed E-state index contributed by atoms with van der Waals surface area (Å²) in [6, 6.07) is 17.7. The van der Waals surface area contributed by atoms with Gasteiger partial charge < -0.3 is 14.7 Å². The van der Waals surface area contributed by atoms with E-state index in [2.05, 4.69) is 28.9 Å². The highest BCUT2D eigenvalue weighted by atomic mass is 19.1. The average Bonchev–Trinajstić information content (AvgIpc) is 3.27. The zero-order valence-corrected chi connectivity index (χ0v) is 24.5. The average molecular weight is 581 g/mol. The van der Waals surface area contributed by atoms with Crippen LogP contribution in [-0.4, -0.2) is 67.1 Å². The number of fused-ring (bicyclic) bond motifs is 2. The molecule has 0 saturated carbocycles. The first kappa shape index (κ1) is 28.6. The molecule has 0 aliphatic carbocycles. The van der Waals surface area contributed by atoms with E-state index in [9.17, 15) is 18.8 Å². The smallest absolute Gasteiger partial charge is 0.254 e. The monoisotopic (exact) mass is 580 g/mol. The van der Waals surface area contributed by atoms with Crippen molar-refractivity contribution in [2.45, 2.75) is 45.3 Å². The molecule has 2 bridgehead atoms. The number of nitrogens with zero attached hydrogens (tertiary/aromatic N) is 6. The number of likely N-dealkylation sites (tertiary alicyclic amines) is 1. The Morgan fingerprint density at radius 1 is 0.837 bits per heavy atom. The normalized spacial score (nSPS) is 20.2. The molecule has 6 rings (SSSR count). The zero-order valence-electron chi connectivity index (χ0n) is 24.5. The predicted molar refractivity (Wildman–Crippen MR) is 161 cm³/mol. The molecule has 0 radical (unpaired) electrons. The molecule has 1 amide bonds. The van der Waals surface area contributed by atoms with Crippen LogP contribution in [-0.2, 0) is 6.54 Å². The fourth-order valence-corrected chi connectivity index (χ4v) is 6.98. The number of piperazine rings is 2. The SMILES string of the molecule is Cc1cc(C)c(C(=O)N2CC3CCC(C2)N3c2cc(F)c(C#N)cc2F)cc1CN1CCN(c2ccccc2C#N)CC1. The Morgan fingerprint density at radius 3 is 2.19 bits per heavy atom. The number of nitriles is 2. The van der Waals surface area contributed by atoms with Crippen LogP contribution in [0.2, 0.25) is 0 Å². The second kappa shape index (κ2) is 11.7. The van der Waals surface area contributed by atoms with Gasteiger partial charge in [0.25, 0.3) is 5.91 Å². The predicted octanol–water partition coefficient (Wildman–Crippen LogP) is 5.14. The van der Waals surface area contributed by atoms with E-state index in [0.29, 0.717) is 24.2 Å². The van der Waals surface area contributed by atoms with Crippen LogP contribution in [0.4, 0.5) is 20.2 Å². The van der Waals surface area contributed by atoms with Gasteiger partial charge >= 0.3 is 0 Å². The van der Waals surface area contributed by atoms with Crippen LogP contribution in [0.25, 0.3) is 0 Å². The molecule has 3 saturated heterocycles. The van der Waals surface area contributed by atoms with Crippen LogP contribution in [0.1, 0.15) is 51.0 Å². The van der Waals surface area contributed by atoms with E-state index in [1.807, 2.05) is 47.1 Å². The number of aryl methyl sites for hydroxylation is 2. The number of hydrogen-bond donors (Lipinski definition) is 0. The third-order valence-corrected chi connectivity index (χ3v) is 9.25. The lowest BCUT2D eigenvalue weighted by Crippen LogP contribution is -2.55. The van der Waals surface area contributed by atoms with Gasteiger partial charge in [-0.25, -0.2) is 8.78 Å². The Balaban J connectivity index is 1.15. The van der Waals surface area contributed by atoms with E-state index in [4.69, 9.17) is 5.26 Å². The van der Waals surface area contributed by atoms with E-state index >= 15 is 0 Å².